The largest absolute Gasteiger partial charge is 0.311 e. The fourth-order valence-electron chi connectivity index (χ4n) is 7.78. The summed E-state index contributed by atoms with van der Waals surface area (Å²) in [5.41, 5.74) is 15.3. The highest BCUT2D eigenvalue weighted by molar-refractivity contribution is 7.26. The average molecular weight is 730 g/mol. The molecule has 0 spiro atoms. The fourth-order valence-corrected chi connectivity index (χ4v) is 9.01. The maximum Gasteiger partial charge on any atom is 0.0462 e. The van der Waals surface area contributed by atoms with E-state index in [0.717, 1.165) is 22.6 Å². The van der Waals surface area contributed by atoms with Crippen molar-refractivity contribution in [3.05, 3.63) is 224 Å². The molecule has 1 heterocycles. The molecule has 0 N–H and O–H groups in total. The van der Waals surface area contributed by atoms with E-state index in [-0.39, 0.29) is 0 Å². The lowest BCUT2D eigenvalue weighted by atomic mass is 9.93. The summed E-state index contributed by atoms with van der Waals surface area (Å²) in [6.07, 6.45) is 0. The van der Waals surface area contributed by atoms with Crippen molar-refractivity contribution in [2.45, 2.75) is 0 Å². The van der Waals surface area contributed by atoms with Crippen molar-refractivity contribution in [2.75, 3.05) is 4.90 Å². The molecule has 0 aliphatic heterocycles. The second-order valence-electron chi connectivity index (χ2n) is 14.0. The van der Waals surface area contributed by atoms with Crippen LogP contribution >= 0.6 is 11.3 Å². The molecule has 2 heteroatoms. The molecule has 10 rings (SSSR count). The molecule has 0 aliphatic rings. The van der Waals surface area contributed by atoms with Crippen molar-refractivity contribution in [1.29, 1.82) is 0 Å². The van der Waals surface area contributed by atoms with Gasteiger partial charge in [-0.25, -0.2) is 0 Å². The van der Waals surface area contributed by atoms with Crippen LogP contribution in [0.5, 0.6) is 0 Å². The van der Waals surface area contributed by atoms with Crippen LogP contribution in [-0.2, 0) is 0 Å². The van der Waals surface area contributed by atoms with Gasteiger partial charge in [0.1, 0.15) is 0 Å². The second kappa shape index (κ2) is 14.6. The number of thiophene rings is 1. The minimum atomic E-state index is 1.10. The molecule has 0 amide bonds. The Bertz CT molecular complexity index is 2910. The Labute approximate surface area is 332 Å². The van der Waals surface area contributed by atoms with Crippen molar-refractivity contribution in [1.82, 2.24) is 0 Å². The first kappa shape index (κ1) is 33.4. The van der Waals surface area contributed by atoms with E-state index < -0.39 is 0 Å². The monoisotopic (exact) mass is 729 g/mol. The van der Waals surface area contributed by atoms with Gasteiger partial charge in [0, 0.05) is 42.8 Å². The molecule has 0 atom stereocenters. The summed E-state index contributed by atoms with van der Waals surface area (Å²) in [6.45, 7) is 0. The Balaban J connectivity index is 1.01. The molecule has 1 nitrogen and oxygen atoms in total. The lowest BCUT2D eigenvalue weighted by molar-refractivity contribution is 1.28. The van der Waals surface area contributed by atoms with Crippen LogP contribution in [0.3, 0.4) is 0 Å². The van der Waals surface area contributed by atoms with Crippen molar-refractivity contribution in [3.8, 4) is 55.6 Å². The van der Waals surface area contributed by atoms with E-state index in [4.69, 9.17) is 0 Å². The Kier molecular flexibility index (Phi) is 8.69. The SMILES string of the molecule is c1ccc(-c2ccc(-c3ccc(N(c4ccc(-c5ccccc5)cc4)c4ccc(-c5ccccc5-c5cccc6c5sc5ccccc56)cc4)cc3)cc2)cc#1. The molecule has 0 unspecified atom stereocenters. The van der Waals surface area contributed by atoms with Gasteiger partial charge in [-0.2, -0.15) is 0 Å². The van der Waals surface area contributed by atoms with Crippen LogP contribution in [0.15, 0.2) is 212 Å². The van der Waals surface area contributed by atoms with Gasteiger partial charge in [0.2, 0.25) is 0 Å². The number of hydrogen-bond acceptors (Lipinski definition) is 2. The maximum absolute atomic E-state index is 3.06. The summed E-state index contributed by atoms with van der Waals surface area (Å²) >= 11 is 1.88. The molecule has 0 saturated carbocycles. The van der Waals surface area contributed by atoms with Gasteiger partial charge in [0.15, 0.2) is 0 Å². The van der Waals surface area contributed by atoms with Crippen molar-refractivity contribution in [2.24, 2.45) is 0 Å². The lowest BCUT2D eigenvalue weighted by Gasteiger charge is -2.26. The van der Waals surface area contributed by atoms with E-state index in [0.29, 0.717) is 0 Å². The van der Waals surface area contributed by atoms with Gasteiger partial charge in [-0.3, -0.25) is 0 Å². The minimum Gasteiger partial charge on any atom is -0.311 e. The standard InChI is InChI=1S/C54H35NS/c1-3-12-38(13-4-1)40-22-24-41(25-23-40)43-28-34-46(35-29-43)55(45-32-26-42(27-33-45)39-14-5-2-6-15-39)47-36-30-44(31-37-47)48-16-7-8-17-49(48)51-19-11-20-52-50-18-9-10-21-53(50)56-54(51)52/h2-3,5-37H. The highest BCUT2D eigenvalue weighted by Crippen LogP contribution is 2.44. The number of fused-ring (bicyclic) bond motifs is 3. The maximum atomic E-state index is 3.06. The molecular formula is C54H35NS. The zero-order valence-corrected chi connectivity index (χ0v) is 31.4. The molecule has 56 heavy (non-hydrogen) atoms. The number of rotatable bonds is 8. The van der Waals surface area contributed by atoms with E-state index in [2.05, 4.69) is 217 Å². The van der Waals surface area contributed by atoms with Crippen LogP contribution in [-0.4, -0.2) is 0 Å². The molecule has 0 aliphatic carbocycles. The quantitative estimate of drug-likeness (QED) is 0.151. The van der Waals surface area contributed by atoms with Gasteiger partial charge in [0.25, 0.3) is 0 Å². The van der Waals surface area contributed by atoms with E-state index in [1.165, 1.54) is 70.2 Å². The molecule has 10 aromatic rings. The number of anilines is 3. The summed E-state index contributed by atoms with van der Waals surface area (Å²) in [5, 5.41) is 2.63. The van der Waals surface area contributed by atoms with Gasteiger partial charge < -0.3 is 4.90 Å². The first-order valence-electron chi connectivity index (χ1n) is 18.9. The third-order valence-electron chi connectivity index (χ3n) is 10.6. The molecule has 0 saturated heterocycles. The van der Waals surface area contributed by atoms with Crippen LogP contribution in [0.1, 0.15) is 0 Å². The lowest BCUT2D eigenvalue weighted by Crippen LogP contribution is -2.09. The first-order valence-corrected chi connectivity index (χ1v) is 19.7. The van der Waals surface area contributed by atoms with E-state index in [1.54, 1.807) is 0 Å². The minimum absolute atomic E-state index is 1.10. The van der Waals surface area contributed by atoms with Gasteiger partial charge in [0.05, 0.1) is 0 Å². The van der Waals surface area contributed by atoms with E-state index in [1.807, 2.05) is 23.5 Å². The highest BCUT2D eigenvalue weighted by Gasteiger charge is 2.17. The van der Waals surface area contributed by atoms with Gasteiger partial charge in [-0.05, 0) is 111 Å². The Hall–Kier alpha value is -7.18. The summed E-state index contributed by atoms with van der Waals surface area (Å²) < 4.78 is 2.65. The van der Waals surface area contributed by atoms with Crippen LogP contribution in [0, 0.1) is 12.1 Å². The zero-order valence-electron chi connectivity index (χ0n) is 30.6. The van der Waals surface area contributed by atoms with Crippen LogP contribution in [0.2, 0.25) is 0 Å². The summed E-state index contributed by atoms with van der Waals surface area (Å²) in [5.74, 6) is 0. The van der Waals surface area contributed by atoms with Gasteiger partial charge in [-0.1, -0.05) is 164 Å². The van der Waals surface area contributed by atoms with Crippen LogP contribution in [0.4, 0.5) is 17.1 Å². The topological polar surface area (TPSA) is 3.24 Å². The van der Waals surface area contributed by atoms with Gasteiger partial charge >= 0.3 is 0 Å². The smallest absolute Gasteiger partial charge is 0.0462 e. The molecule has 9 aromatic carbocycles. The van der Waals surface area contributed by atoms with Gasteiger partial charge in [-0.15, -0.1) is 11.3 Å². The Morgan fingerprint density at radius 1 is 0.321 bits per heavy atom. The predicted molar refractivity (Wildman–Crippen MR) is 239 cm³/mol. The Morgan fingerprint density at radius 2 is 0.804 bits per heavy atom. The number of nitrogens with zero attached hydrogens (tertiary/aromatic N) is 1. The van der Waals surface area contributed by atoms with E-state index in [9.17, 15) is 0 Å². The summed E-state index contributed by atoms with van der Waals surface area (Å²) in [7, 11) is 0. The Morgan fingerprint density at radius 3 is 1.43 bits per heavy atom. The predicted octanol–water partition coefficient (Wildman–Crippen LogP) is 15.5. The molecule has 0 bridgehead atoms. The van der Waals surface area contributed by atoms with Crippen LogP contribution < -0.4 is 4.90 Å². The third-order valence-corrected chi connectivity index (χ3v) is 11.8. The van der Waals surface area contributed by atoms with Crippen molar-refractivity contribution >= 4 is 48.6 Å². The van der Waals surface area contributed by atoms with Crippen molar-refractivity contribution < 1.29 is 0 Å². The first-order chi connectivity index (χ1) is 27.8. The molecule has 1 aromatic heterocycles. The van der Waals surface area contributed by atoms with Crippen LogP contribution in [0.25, 0.3) is 75.8 Å². The average Bonchev–Trinajstić information content (AvgIpc) is 3.67. The molecule has 262 valence electrons. The van der Waals surface area contributed by atoms with E-state index >= 15 is 0 Å². The van der Waals surface area contributed by atoms with Crippen molar-refractivity contribution in [3.63, 3.8) is 0 Å². The zero-order chi connectivity index (χ0) is 37.3. The summed E-state index contributed by atoms with van der Waals surface area (Å²) in [6, 6.07) is 82.4. The normalized spacial score (nSPS) is 11.1. The highest BCUT2D eigenvalue weighted by atomic mass is 32.1. The molecule has 0 radical (unpaired) electrons. The number of hydrogen-bond donors (Lipinski definition) is 0. The number of benzene rings is 8. The third kappa shape index (κ3) is 6.31. The second-order valence-corrected chi connectivity index (χ2v) is 15.0. The summed E-state index contributed by atoms with van der Waals surface area (Å²) in [4.78, 5) is 2.35. The molecular weight excluding hydrogens is 695 g/mol. The fraction of sp³-hybridized carbons (Fsp3) is 0. The molecule has 0 fully saturated rings.